The number of hydrogen-bond acceptors (Lipinski definition) is 2. The van der Waals surface area contributed by atoms with E-state index >= 15 is 0 Å². The molecule has 0 radical (unpaired) electrons. The highest BCUT2D eigenvalue weighted by Crippen LogP contribution is 2.31. The van der Waals surface area contributed by atoms with Crippen molar-refractivity contribution in [2.24, 2.45) is 5.92 Å². The van der Waals surface area contributed by atoms with Crippen LogP contribution in [-0.2, 0) is 4.74 Å². The lowest BCUT2D eigenvalue weighted by Crippen LogP contribution is -2.23. The maximum atomic E-state index is 4.99. The summed E-state index contributed by atoms with van der Waals surface area (Å²) in [5.74, 6) is 1.50. The van der Waals surface area contributed by atoms with Crippen LogP contribution in [0, 0.1) is 5.92 Å². The first kappa shape index (κ1) is 10.3. The summed E-state index contributed by atoms with van der Waals surface area (Å²) in [7, 11) is 1.74. The van der Waals surface area contributed by atoms with Gasteiger partial charge in [-0.3, -0.25) is 0 Å². The minimum Gasteiger partial charge on any atom is -0.374 e. The standard InChI is InChI=1S/C8H18OS/c1-7(2)8(3,4)10-6-9-5/h7H,6H2,1-5H3. The number of hydrogen-bond donors (Lipinski definition) is 0. The van der Waals surface area contributed by atoms with Gasteiger partial charge >= 0.3 is 0 Å². The topological polar surface area (TPSA) is 9.23 Å². The molecule has 0 aromatic carbocycles. The lowest BCUT2D eigenvalue weighted by molar-refractivity contribution is 0.256. The maximum Gasteiger partial charge on any atom is 0.0922 e. The molecule has 0 aliphatic carbocycles. The fraction of sp³-hybridized carbons (Fsp3) is 1.00. The Labute approximate surface area is 68.5 Å². The third-order valence-corrected chi connectivity index (χ3v) is 3.51. The average molecular weight is 162 g/mol. The highest BCUT2D eigenvalue weighted by molar-refractivity contribution is 8.00. The van der Waals surface area contributed by atoms with Gasteiger partial charge in [-0.1, -0.05) is 27.7 Å². The van der Waals surface area contributed by atoms with Crippen LogP contribution in [0.1, 0.15) is 27.7 Å². The molecule has 0 spiro atoms. The van der Waals surface area contributed by atoms with Crippen molar-refractivity contribution in [1.82, 2.24) is 0 Å². The van der Waals surface area contributed by atoms with Gasteiger partial charge in [0, 0.05) is 11.9 Å². The summed E-state index contributed by atoms with van der Waals surface area (Å²) < 4.78 is 5.33. The molecule has 0 saturated carbocycles. The van der Waals surface area contributed by atoms with Gasteiger partial charge in [0.2, 0.25) is 0 Å². The zero-order chi connectivity index (χ0) is 8.20. The summed E-state index contributed by atoms with van der Waals surface area (Å²) in [6.45, 7) is 8.98. The average Bonchev–Trinajstić information content (AvgIpc) is 1.84. The van der Waals surface area contributed by atoms with E-state index in [1.807, 2.05) is 11.8 Å². The Kier molecular flexibility index (Phi) is 4.37. The normalized spacial score (nSPS) is 12.6. The summed E-state index contributed by atoms with van der Waals surface area (Å²) >= 11 is 1.86. The van der Waals surface area contributed by atoms with Crippen molar-refractivity contribution in [3.8, 4) is 0 Å². The molecule has 0 rings (SSSR count). The Morgan fingerprint density at radius 2 is 1.90 bits per heavy atom. The van der Waals surface area contributed by atoms with E-state index in [9.17, 15) is 0 Å². The van der Waals surface area contributed by atoms with Crippen molar-refractivity contribution in [3.05, 3.63) is 0 Å². The van der Waals surface area contributed by atoms with Crippen LogP contribution < -0.4 is 0 Å². The molecule has 0 aliphatic rings. The molecule has 0 saturated heterocycles. The van der Waals surface area contributed by atoms with Gasteiger partial charge in [-0.15, -0.1) is 11.8 Å². The molecule has 0 unspecified atom stereocenters. The van der Waals surface area contributed by atoms with Crippen LogP contribution in [0.4, 0.5) is 0 Å². The molecule has 0 aliphatic heterocycles. The van der Waals surface area contributed by atoms with Crippen LogP contribution >= 0.6 is 11.8 Å². The Bertz CT molecular complexity index is 89.3. The smallest absolute Gasteiger partial charge is 0.0922 e. The van der Waals surface area contributed by atoms with Gasteiger partial charge in [-0.2, -0.15) is 0 Å². The van der Waals surface area contributed by atoms with Gasteiger partial charge in [-0.25, -0.2) is 0 Å². The summed E-state index contributed by atoms with van der Waals surface area (Å²) in [6.07, 6.45) is 0. The molecule has 62 valence electrons. The first-order valence-electron chi connectivity index (χ1n) is 3.63. The molecular weight excluding hydrogens is 144 g/mol. The Hall–Kier alpha value is 0.310. The Morgan fingerprint density at radius 1 is 1.40 bits per heavy atom. The predicted molar refractivity (Wildman–Crippen MR) is 48.4 cm³/mol. The van der Waals surface area contributed by atoms with Gasteiger partial charge in [-0.05, 0) is 5.92 Å². The van der Waals surface area contributed by atoms with Gasteiger partial charge in [0.25, 0.3) is 0 Å². The fourth-order valence-corrected chi connectivity index (χ4v) is 1.13. The van der Waals surface area contributed by atoms with E-state index in [1.165, 1.54) is 0 Å². The van der Waals surface area contributed by atoms with E-state index < -0.39 is 0 Å². The van der Waals surface area contributed by atoms with Crippen LogP contribution in [0.2, 0.25) is 0 Å². The molecule has 0 fully saturated rings. The Morgan fingerprint density at radius 3 is 2.20 bits per heavy atom. The minimum absolute atomic E-state index is 0.343. The van der Waals surface area contributed by atoms with E-state index in [4.69, 9.17) is 4.74 Å². The van der Waals surface area contributed by atoms with Crippen LogP contribution in [0.15, 0.2) is 0 Å². The number of thioether (sulfide) groups is 1. The summed E-state index contributed by atoms with van der Waals surface area (Å²) in [5.41, 5.74) is 0. The molecule has 0 aromatic heterocycles. The molecule has 10 heavy (non-hydrogen) atoms. The molecule has 0 N–H and O–H groups in total. The van der Waals surface area contributed by atoms with Crippen LogP contribution in [0.5, 0.6) is 0 Å². The minimum atomic E-state index is 0.343. The zero-order valence-electron chi connectivity index (χ0n) is 7.60. The molecule has 0 atom stereocenters. The number of methoxy groups -OCH3 is 1. The van der Waals surface area contributed by atoms with E-state index in [0.717, 1.165) is 5.94 Å². The summed E-state index contributed by atoms with van der Waals surface area (Å²) in [6, 6.07) is 0. The highest BCUT2D eigenvalue weighted by Gasteiger charge is 2.21. The van der Waals surface area contributed by atoms with E-state index in [-0.39, 0.29) is 0 Å². The molecule has 0 aromatic rings. The molecule has 0 bridgehead atoms. The predicted octanol–water partition coefficient (Wildman–Crippen LogP) is 2.76. The second-order valence-corrected chi connectivity index (χ2v) is 4.89. The van der Waals surface area contributed by atoms with Crippen molar-refractivity contribution in [2.75, 3.05) is 13.0 Å². The van der Waals surface area contributed by atoms with Crippen LogP contribution in [0.3, 0.4) is 0 Å². The van der Waals surface area contributed by atoms with Crippen LogP contribution in [-0.4, -0.2) is 17.8 Å². The maximum absolute atomic E-state index is 4.99. The third-order valence-electron chi connectivity index (χ3n) is 1.94. The van der Waals surface area contributed by atoms with Crippen molar-refractivity contribution in [3.63, 3.8) is 0 Å². The largest absolute Gasteiger partial charge is 0.374 e. The third kappa shape index (κ3) is 3.47. The van der Waals surface area contributed by atoms with Crippen molar-refractivity contribution < 1.29 is 4.74 Å². The van der Waals surface area contributed by atoms with Gasteiger partial charge in [0.15, 0.2) is 0 Å². The fourth-order valence-electron chi connectivity index (χ4n) is 0.377. The van der Waals surface area contributed by atoms with Gasteiger partial charge in [0.1, 0.15) is 0 Å². The molecule has 0 amide bonds. The van der Waals surface area contributed by atoms with Crippen molar-refractivity contribution in [2.45, 2.75) is 32.4 Å². The second kappa shape index (κ2) is 4.24. The lowest BCUT2D eigenvalue weighted by atomic mass is 10.00. The zero-order valence-corrected chi connectivity index (χ0v) is 8.42. The first-order valence-corrected chi connectivity index (χ1v) is 4.62. The van der Waals surface area contributed by atoms with Gasteiger partial charge in [0.05, 0.1) is 5.94 Å². The molecule has 0 heterocycles. The van der Waals surface area contributed by atoms with E-state index in [1.54, 1.807) is 7.11 Å². The first-order chi connectivity index (χ1) is 4.50. The van der Waals surface area contributed by atoms with Gasteiger partial charge < -0.3 is 4.74 Å². The lowest BCUT2D eigenvalue weighted by Gasteiger charge is -2.27. The molecule has 1 nitrogen and oxygen atoms in total. The molecule has 2 heteroatoms. The van der Waals surface area contributed by atoms with E-state index in [2.05, 4.69) is 27.7 Å². The van der Waals surface area contributed by atoms with Crippen molar-refractivity contribution >= 4 is 11.8 Å². The second-order valence-electron chi connectivity index (χ2n) is 3.31. The number of rotatable bonds is 4. The highest BCUT2D eigenvalue weighted by atomic mass is 32.2. The summed E-state index contributed by atoms with van der Waals surface area (Å²) in [5, 5.41) is 0. The van der Waals surface area contributed by atoms with E-state index in [0.29, 0.717) is 10.7 Å². The quantitative estimate of drug-likeness (QED) is 0.588. The monoisotopic (exact) mass is 162 g/mol. The van der Waals surface area contributed by atoms with Crippen molar-refractivity contribution in [1.29, 1.82) is 0 Å². The molecular formula is C8H18OS. The Balaban J connectivity index is 3.63. The van der Waals surface area contributed by atoms with Crippen LogP contribution in [0.25, 0.3) is 0 Å². The summed E-state index contributed by atoms with van der Waals surface area (Å²) in [4.78, 5) is 0. The number of ether oxygens (including phenoxy) is 1. The SMILES string of the molecule is COCSC(C)(C)C(C)C.